The van der Waals surface area contributed by atoms with E-state index < -0.39 is 0 Å². The number of aromatic nitrogens is 1. The van der Waals surface area contributed by atoms with Gasteiger partial charge in [-0.05, 0) is 37.8 Å². The van der Waals surface area contributed by atoms with Crippen LogP contribution in [-0.2, 0) is 16.8 Å². The molecular formula is C17H20N2O. The Morgan fingerprint density at radius 1 is 1.35 bits per heavy atom. The highest BCUT2D eigenvalue weighted by atomic mass is 16.2. The van der Waals surface area contributed by atoms with Crippen molar-refractivity contribution in [2.45, 2.75) is 38.6 Å². The molecule has 104 valence electrons. The minimum Gasteiger partial charge on any atom is -0.356 e. The van der Waals surface area contributed by atoms with Crippen LogP contribution in [0.4, 0.5) is 0 Å². The molecule has 20 heavy (non-hydrogen) atoms. The lowest BCUT2D eigenvalue weighted by molar-refractivity contribution is -0.148. The van der Waals surface area contributed by atoms with Crippen LogP contribution >= 0.6 is 0 Å². The number of rotatable bonds is 0. The highest BCUT2D eigenvalue weighted by molar-refractivity contribution is 5.87. The molecule has 1 N–H and O–H groups in total. The third-order valence-electron chi connectivity index (χ3n) is 5.29. The zero-order valence-corrected chi connectivity index (χ0v) is 12.1. The molecule has 1 aromatic carbocycles. The molecule has 0 radical (unpaired) electrons. The van der Waals surface area contributed by atoms with Crippen molar-refractivity contribution in [1.29, 1.82) is 0 Å². The number of hydrogen-bond donors (Lipinski definition) is 1. The molecule has 2 aliphatic rings. The number of nitrogens with one attached hydrogen (secondary N) is 1. The summed E-state index contributed by atoms with van der Waals surface area (Å²) in [7, 11) is 0. The van der Waals surface area contributed by atoms with Crippen LogP contribution in [-0.4, -0.2) is 22.3 Å². The maximum absolute atomic E-state index is 12.5. The summed E-state index contributed by atoms with van der Waals surface area (Å²) in [6, 6.07) is 8.49. The largest absolute Gasteiger partial charge is 0.356 e. The number of para-hydroxylation sites is 1. The number of fused-ring (bicyclic) bond motifs is 5. The van der Waals surface area contributed by atoms with Gasteiger partial charge in [-0.25, -0.2) is 0 Å². The molecule has 3 nitrogen and oxygen atoms in total. The number of piperidine rings is 1. The molecule has 0 spiro atoms. The number of aromatic amines is 1. The molecule has 4 rings (SSSR count). The highest BCUT2D eigenvalue weighted by Gasteiger charge is 2.47. The van der Waals surface area contributed by atoms with E-state index in [9.17, 15) is 4.79 Å². The Morgan fingerprint density at radius 2 is 2.15 bits per heavy atom. The molecule has 2 aromatic rings. The van der Waals surface area contributed by atoms with Crippen LogP contribution in [0.15, 0.2) is 24.3 Å². The number of benzene rings is 1. The molecule has 3 heteroatoms. The van der Waals surface area contributed by atoms with E-state index in [0.717, 1.165) is 25.8 Å². The molecule has 1 amide bonds. The third kappa shape index (κ3) is 1.38. The van der Waals surface area contributed by atoms with Crippen LogP contribution in [0.2, 0.25) is 0 Å². The molecule has 1 aromatic heterocycles. The van der Waals surface area contributed by atoms with Crippen LogP contribution in [0.1, 0.15) is 37.9 Å². The Balaban J connectivity index is 1.92. The van der Waals surface area contributed by atoms with Gasteiger partial charge in [-0.15, -0.1) is 0 Å². The molecule has 0 aliphatic carbocycles. The number of H-pyrrole nitrogens is 1. The van der Waals surface area contributed by atoms with E-state index in [2.05, 4.69) is 48.0 Å². The predicted octanol–water partition coefficient (Wildman–Crippen LogP) is 3.20. The Kier molecular flexibility index (Phi) is 2.33. The van der Waals surface area contributed by atoms with Gasteiger partial charge >= 0.3 is 0 Å². The summed E-state index contributed by atoms with van der Waals surface area (Å²) in [6.45, 7) is 5.14. The predicted molar refractivity (Wildman–Crippen MR) is 79.5 cm³/mol. The average molecular weight is 268 g/mol. The van der Waals surface area contributed by atoms with Crippen molar-refractivity contribution >= 4 is 16.8 Å². The Labute approximate surface area is 119 Å². The molecule has 1 fully saturated rings. The Hall–Kier alpha value is -1.77. The lowest BCUT2D eigenvalue weighted by Gasteiger charge is -2.49. The van der Waals surface area contributed by atoms with Crippen LogP contribution in [0.25, 0.3) is 10.9 Å². The lowest BCUT2D eigenvalue weighted by atomic mass is 9.77. The van der Waals surface area contributed by atoms with Gasteiger partial charge in [-0.2, -0.15) is 0 Å². The second-order valence-corrected chi connectivity index (χ2v) is 6.48. The van der Waals surface area contributed by atoms with Crippen LogP contribution in [0, 0.1) is 5.92 Å². The maximum atomic E-state index is 12.5. The van der Waals surface area contributed by atoms with E-state index >= 15 is 0 Å². The minimum atomic E-state index is -0.143. The first-order valence-electron chi connectivity index (χ1n) is 7.53. The quantitative estimate of drug-likeness (QED) is 0.782. The van der Waals surface area contributed by atoms with Crippen LogP contribution in [0.3, 0.4) is 0 Å². The molecule has 0 bridgehead atoms. The van der Waals surface area contributed by atoms with Crippen molar-refractivity contribution in [2.24, 2.45) is 5.92 Å². The van der Waals surface area contributed by atoms with Gasteiger partial charge in [-0.1, -0.05) is 25.1 Å². The molecule has 2 aliphatic heterocycles. The van der Waals surface area contributed by atoms with Crippen molar-refractivity contribution in [3.63, 3.8) is 0 Å². The van der Waals surface area contributed by atoms with E-state index in [-0.39, 0.29) is 11.5 Å². The smallest absolute Gasteiger partial charge is 0.226 e. The van der Waals surface area contributed by atoms with E-state index in [1.54, 1.807) is 0 Å². The Bertz CT molecular complexity index is 702. The van der Waals surface area contributed by atoms with Crippen LogP contribution < -0.4 is 0 Å². The standard InChI is InChI=1S/C17H20N2O/c1-11-7-9-17(2)15-13(8-10-19(17)16(11)20)12-5-3-4-6-14(12)18-15/h3-6,11,18H,7-10H2,1-2H3/t11?,17-/m1/s1. The van der Waals surface area contributed by atoms with Gasteiger partial charge in [0.15, 0.2) is 0 Å². The first-order valence-corrected chi connectivity index (χ1v) is 7.53. The topological polar surface area (TPSA) is 36.1 Å². The highest BCUT2D eigenvalue weighted by Crippen LogP contribution is 2.45. The van der Waals surface area contributed by atoms with Gasteiger partial charge in [-0.3, -0.25) is 4.79 Å². The summed E-state index contributed by atoms with van der Waals surface area (Å²) in [5.74, 6) is 0.497. The lowest BCUT2D eigenvalue weighted by Crippen LogP contribution is -2.56. The van der Waals surface area contributed by atoms with Gasteiger partial charge in [0.05, 0.1) is 5.54 Å². The van der Waals surface area contributed by atoms with Crippen molar-refractivity contribution < 1.29 is 4.79 Å². The van der Waals surface area contributed by atoms with Gasteiger partial charge in [0, 0.05) is 29.1 Å². The second kappa shape index (κ2) is 3.87. The number of carbonyl (C=O) groups excluding carboxylic acids is 1. The SMILES string of the molecule is CC1CC[C@]2(C)c3[nH]c4ccccc4c3CCN2C1=O. The van der Waals surface area contributed by atoms with E-state index in [4.69, 9.17) is 0 Å². The summed E-state index contributed by atoms with van der Waals surface area (Å²) in [6.07, 6.45) is 3.01. The second-order valence-electron chi connectivity index (χ2n) is 6.48. The van der Waals surface area contributed by atoms with E-state index in [1.807, 2.05) is 0 Å². The summed E-state index contributed by atoms with van der Waals surface area (Å²) >= 11 is 0. The molecular weight excluding hydrogens is 248 g/mol. The fourth-order valence-corrected chi connectivity index (χ4v) is 4.03. The fourth-order valence-electron chi connectivity index (χ4n) is 4.03. The number of carbonyl (C=O) groups is 1. The van der Waals surface area contributed by atoms with Gasteiger partial charge in [0.25, 0.3) is 0 Å². The minimum absolute atomic E-state index is 0.143. The zero-order valence-electron chi connectivity index (χ0n) is 12.1. The van der Waals surface area contributed by atoms with Crippen molar-refractivity contribution in [3.8, 4) is 0 Å². The average Bonchev–Trinajstić information content (AvgIpc) is 2.84. The van der Waals surface area contributed by atoms with Crippen LogP contribution in [0.5, 0.6) is 0 Å². The summed E-state index contributed by atoms with van der Waals surface area (Å²) < 4.78 is 0. The zero-order chi connectivity index (χ0) is 13.9. The molecule has 2 atom stereocenters. The van der Waals surface area contributed by atoms with Crippen molar-refractivity contribution in [3.05, 3.63) is 35.5 Å². The van der Waals surface area contributed by atoms with Crippen molar-refractivity contribution in [2.75, 3.05) is 6.54 Å². The Morgan fingerprint density at radius 3 is 3.00 bits per heavy atom. The normalized spacial score (nSPS) is 29.4. The number of hydrogen-bond acceptors (Lipinski definition) is 1. The van der Waals surface area contributed by atoms with E-state index in [1.165, 1.54) is 22.2 Å². The maximum Gasteiger partial charge on any atom is 0.226 e. The third-order valence-corrected chi connectivity index (χ3v) is 5.29. The van der Waals surface area contributed by atoms with Gasteiger partial charge in [0.1, 0.15) is 0 Å². The number of amides is 1. The fraction of sp³-hybridized carbons (Fsp3) is 0.471. The molecule has 1 unspecified atom stereocenters. The van der Waals surface area contributed by atoms with Gasteiger partial charge in [0.2, 0.25) is 5.91 Å². The molecule has 3 heterocycles. The first kappa shape index (κ1) is 12.0. The number of nitrogens with zero attached hydrogens (tertiary/aromatic N) is 1. The van der Waals surface area contributed by atoms with Gasteiger partial charge < -0.3 is 9.88 Å². The summed E-state index contributed by atoms with van der Waals surface area (Å²) in [5.41, 5.74) is 3.74. The monoisotopic (exact) mass is 268 g/mol. The molecule has 0 saturated carbocycles. The van der Waals surface area contributed by atoms with Crippen molar-refractivity contribution in [1.82, 2.24) is 9.88 Å². The summed E-state index contributed by atoms with van der Waals surface area (Å²) in [4.78, 5) is 18.2. The first-order chi connectivity index (χ1) is 9.61. The van der Waals surface area contributed by atoms with E-state index in [0.29, 0.717) is 5.91 Å². The molecule has 1 saturated heterocycles. The summed E-state index contributed by atoms with van der Waals surface area (Å²) in [5, 5.41) is 1.33.